The number of aryl methyl sites for hydroxylation is 2. The number of anilines is 2. The van der Waals surface area contributed by atoms with Crippen molar-refractivity contribution in [1.82, 2.24) is 15.3 Å². The molecule has 0 fully saturated rings. The number of ether oxygens (including phenoxy) is 1. The van der Waals surface area contributed by atoms with Crippen LogP contribution in [0.1, 0.15) is 18.1 Å². The molecule has 0 aliphatic carbocycles. The summed E-state index contributed by atoms with van der Waals surface area (Å²) in [5.41, 5.74) is 3.56. The number of rotatable bonds is 9. The Morgan fingerprint density at radius 3 is 2.65 bits per heavy atom. The Morgan fingerprint density at radius 1 is 1.21 bits per heavy atom. The Labute approximate surface area is 197 Å². The minimum atomic E-state index is -2.63. The molecule has 8 nitrogen and oxygen atoms in total. The first-order valence-electron chi connectivity index (χ1n) is 10.6. The zero-order valence-corrected chi connectivity index (χ0v) is 20.2. The maximum absolute atomic E-state index is 12.3. The van der Waals surface area contributed by atoms with Crippen LogP contribution in [0.25, 0.3) is 10.9 Å². The van der Waals surface area contributed by atoms with Crippen LogP contribution in [0.4, 0.5) is 26.0 Å². The molecule has 182 valence electrons. The van der Waals surface area contributed by atoms with Crippen LogP contribution in [0.2, 0.25) is 0 Å². The minimum Gasteiger partial charge on any atom is -0.482 e. The lowest BCUT2D eigenvalue weighted by molar-refractivity contribution is -0.123. The predicted octanol–water partition coefficient (Wildman–Crippen LogP) is 4.36. The minimum absolute atomic E-state index is 0.388. The van der Waals surface area contributed by atoms with Crippen LogP contribution < -0.4 is 15.4 Å². The van der Waals surface area contributed by atoms with Gasteiger partial charge in [0.25, 0.3) is 12.3 Å². The van der Waals surface area contributed by atoms with Crippen molar-refractivity contribution < 1.29 is 22.5 Å². The standard InChI is InChI=1S/C23H27F2N5O3S/c1-5-15-6-7-17(19(9-15)33-12-21(31)26-11-20(24)25)29-23-22-14(2)8-16(30-34(3,4)32)10-18(22)27-13-28-23/h6-10,13,20H,5,11-12H2,1-4H3,(H,26,31)(H,27,28,29). The molecule has 0 atom stereocenters. The summed E-state index contributed by atoms with van der Waals surface area (Å²) in [6.07, 6.45) is 2.65. The second-order valence-electron chi connectivity index (χ2n) is 7.94. The van der Waals surface area contributed by atoms with E-state index in [0.717, 1.165) is 22.9 Å². The van der Waals surface area contributed by atoms with E-state index in [9.17, 15) is 17.8 Å². The molecule has 0 bridgehead atoms. The van der Waals surface area contributed by atoms with Gasteiger partial charge in [-0.15, -0.1) is 0 Å². The summed E-state index contributed by atoms with van der Waals surface area (Å²) in [6, 6.07) is 9.07. The number of alkyl halides is 2. The number of fused-ring (bicyclic) bond motifs is 1. The first kappa shape index (κ1) is 25.3. The maximum Gasteiger partial charge on any atom is 0.258 e. The number of nitrogens with one attached hydrogen (secondary N) is 2. The number of amides is 1. The van der Waals surface area contributed by atoms with E-state index < -0.39 is 35.2 Å². The zero-order valence-electron chi connectivity index (χ0n) is 19.4. The van der Waals surface area contributed by atoms with Crippen molar-refractivity contribution >= 4 is 43.7 Å². The predicted molar refractivity (Wildman–Crippen MR) is 130 cm³/mol. The normalized spacial score (nSPS) is 11.5. The van der Waals surface area contributed by atoms with Crippen molar-refractivity contribution in [3.8, 4) is 5.75 Å². The van der Waals surface area contributed by atoms with Crippen molar-refractivity contribution in [3.63, 3.8) is 0 Å². The van der Waals surface area contributed by atoms with Crippen LogP contribution >= 0.6 is 0 Å². The van der Waals surface area contributed by atoms with E-state index >= 15 is 0 Å². The van der Waals surface area contributed by atoms with Crippen molar-refractivity contribution in [3.05, 3.63) is 47.8 Å². The molecule has 1 heterocycles. The highest BCUT2D eigenvalue weighted by atomic mass is 32.2. The summed E-state index contributed by atoms with van der Waals surface area (Å²) >= 11 is 0. The van der Waals surface area contributed by atoms with E-state index in [-0.39, 0.29) is 0 Å². The Bertz CT molecular complexity index is 1320. The number of aromatic nitrogens is 2. The molecule has 1 amide bonds. The van der Waals surface area contributed by atoms with Gasteiger partial charge in [-0.2, -0.15) is 4.36 Å². The quantitative estimate of drug-likeness (QED) is 0.461. The first-order chi connectivity index (χ1) is 16.1. The summed E-state index contributed by atoms with van der Waals surface area (Å²) in [4.78, 5) is 20.6. The Morgan fingerprint density at radius 2 is 1.97 bits per heavy atom. The molecule has 34 heavy (non-hydrogen) atoms. The van der Waals surface area contributed by atoms with Gasteiger partial charge in [-0.05, 0) is 48.7 Å². The van der Waals surface area contributed by atoms with Gasteiger partial charge in [-0.25, -0.2) is 23.0 Å². The molecule has 3 rings (SSSR count). The van der Waals surface area contributed by atoms with Gasteiger partial charge in [-0.3, -0.25) is 4.79 Å². The fourth-order valence-electron chi connectivity index (χ4n) is 3.30. The van der Waals surface area contributed by atoms with E-state index in [1.165, 1.54) is 6.33 Å². The number of hydrogen-bond acceptors (Lipinski definition) is 7. The molecule has 0 saturated heterocycles. The van der Waals surface area contributed by atoms with Crippen molar-refractivity contribution in [1.29, 1.82) is 0 Å². The third-order valence-corrected chi connectivity index (χ3v) is 5.42. The van der Waals surface area contributed by atoms with E-state index in [1.807, 2.05) is 32.0 Å². The lowest BCUT2D eigenvalue weighted by Gasteiger charge is -2.16. The van der Waals surface area contributed by atoms with Gasteiger partial charge in [0.15, 0.2) is 6.61 Å². The average Bonchev–Trinajstić information content (AvgIpc) is 2.75. The summed E-state index contributed by atoms with van der Waals surface area (Å²) < 4.78 is 46.7. The number of carbonyl (C=O) groups excluding carboxylic acids is 1. The van der Waals surface area contributed by atoms with Gasteiger partial charge >= 0.3 is 0 Å². The van der Waals surface area contributed by atoms with Crippen LogP contribution in [-0.4, -0.2) is 52.2 Å². The van der Waals surface area contributed by atoms with E-state index in [2.05, 4.69) is 25.0 Å². The van der Waals surface area contributed by atoms with Gasteiger partial charge in [0.2, 0.25) is 0 Å². The third-order valence-electron chi connectivity index (χ3n) is 4.76. The number of halogens is 2. The number of benzene rings is 2. The summed E-state index contributed by atoms with van der Waals surface area (Å²) in [6.45, 7) is 2.73. The molecule has 0 saturated carbocycles. The molecule has 2 aromatic carbocycles. The summed E-state index contributed by atoms with van der Waals surface area (Å²) in [5, 5.41) is 6.10. The van der Waals surface area contributed by atoms with Crippen molar-refractivity contribution in [2.45, 2.75) is 26.7 Å². The van der Waals surface area contributed by atoms with Gasteiger partial charge in [0.05, 0.1) is 23.4 Å². The fraction of sp³-hybridized carbons (Fsp3) is 0.348. The summed E-state index contributed by atoms with van der Waals surface area (Å²) in [7, 11) is -2.33. The van der Waals surface area contributed by atoms with E-state index in [4.69, 9.17) is 4.74 Å². The number of hydrogen-bond donors (Lipinski definition) is 2. The molecule has 0 aliphatic heterocycles. The number of carbonyl (C=O) groups is 1. The highest BCUT2D eigenvalue weighted by molar-refractivity contribution is 7.92. The molecule has 2 N–H and O–H groups in total. The molecule has 0 aliphatic rings. The molecular weight excluding hydrogens is 464 g/mol. The van der Waals surface area contributed by atoms with Crippen LogP contribution in [0.15, 0.2) is 41.0 Å². The van der Waals surface area contributed by atoms with Gasteiger partial charge in [-0.1, -0.05) is 13.0 Å². The maximum atomic E-state index is 12.3. The van der Waals surface area contributed by atoms with Gasteiger partial charge in [0.1, 0.15) is 17.9 Å². The highest BCUT2D eigenvalue weighted by Crippen LogP contribution is 2.34. The molecule has 0 spiro atoms. The number of nitrogens with zero attached hydrogens (tertiary/aromatic N) is 3. The van der Waals surface area contributed by atoms with Crippen LogP contribution in [0, 0.1) is 6.92 Å². The smallest absolute Gasteiger partial charge is 0.258 e. The van der Waals surface area contributed by atoms with E-state index in [0.29, 0.717) is 28.5 Å². The lowest BCUT2D eigenvalue weighted by Crippen LogP contribution is -2.32. The SMILES string of the molecule is CCc1ccc(Nc2ncnc3cc(N=S(C)(C)=O)cc(C)c23)c(OCC(=O)NCC(F)F)c1. The van der Waals surface area contributed by atoms with Crippen LogP contribution in [0.5, 0.6) is 5.75 Å². The van der Waals surface area contributed by atoms with Gasteiger partial charge in [0, 0.05) is 27.6 Å². The van der Waals surface area contributed by atoms with Crippen LogP contribution in [0.3, 0.4) is 0 Å². The largest absolute Gasteiger partial charge is 0.482 e. The fourth-order valence-corrected chi connectivity index (χ4v) is 3.91. The Balaban J connectivity index is 1.93. The third kappa shape index (κ3) is 6.83. The van der Waals surface area contributed by atoms with Crippen molar-refractivity contribution in [2.75, 3.05) is 31.0 Å². The summed E-state index contributed by atoms with van der Waals surface area (Å²) in [5.74, 6) is 0.259. The van der Waals surface area contributed by atoms with E-state index in [1.54, 1.807) is 24.6 Å². The topological polar surface area (TPSA) is 106 Å². The van der Waals surface area contributed by atoms with Crippen LogP contribution in [-0.2, 0) is 20.9 Å². The van der Waals surface area contributed by atoms with Gasteiger partial charge < -0.3 is 15.4 Å². The molecule has 3 aromatic rings. The Hall–Kier alpha value is -3.34. The molecule has 0 unspecified atom stereocenters. The zero-order chi connectivity index (χ0) is 24.9. The molecule has 0 radical (unpaired) electrons. The first-order valence-corrected chi connectivity index (χ1v) is 12.9. The second kappa shape index (κ2) is 10.7. The monoisotopic (exact) mass is 491 g/mol. The second-order valence-corrected chi connectivity index (χ2v) is 10.5. The molecular formula is C23H27F2N5O3S. The molecule has 11 heteroatoms. The highest BCUT2D eigenvalue weighted by Gasteiger charge is 2.14. The Kier molecular flexibility index (Phi) is 7.98. The average molecular weight is 492 g/mol. The molecule has 1 aromatic heterocycles. The van der Waals surface area contributed by atoms with Crippen molar-refractivity contribution in [2.24, 2.45) is 4.36 Å². The lowest BCUT2D eigenvalue weighted by atomic mass is 10.1.